The standard InChI is InChI=1S/C11H19N3O2/c1-4-15-7-9(3)14-10-6-11(16-5-2)13-8-12-10/h6,8-9H,4-5,7H2,1-3H3,(H,12,13,14). The molecule has 1 rings (SSSR count). The van der Waals surface area contributed by atoms with Gasteiger partial charge in [-0.05, 0) is 20.8 Å². The van der Waals surface area contributed by atoms with Crippen LogP contribution < -0.4 is 10.1 Å². The van der Waals surface area contributed by atoms with E-state index >= 15 is 0 Å². The van der Waals surface area contributed by atoms with Crippen molar-refractivity contribution < 1.29 is 9.47 Å². The number of ether oxygens (including phenoxy) is 2. The summed E-state index contributed by atoms with van der Waals surface area (Å²) in [7, 11) is 0. The first-order valence-electron chi connectivity index (χ1n) is 5.55. The monoisotopic (exact) mass is 225 g/mol. The molecule has 0 saturated carbocycles. The lowest BCUT2D eigenvalue weighted by Gasteiger charge is -2.14. The van der Waals surface area contributed by atoms with Gasteiger partial charge in [0.1, 0.15) is 12.1 Å². The third-order valence-corrected chi connectivity index (χ3v) is 1.90. The van der Waals surface area contributed by atoms with Crippen LogP contribution in [0.25, 0.3) is 0 Å². The van der Waals surface area contributed by atoms with E-state index in [-0.39, 0.29) is 6.04 Å². The molecule has 5 heteroatoms. The van der Waals surface area contributed by atoms with Gasteiger partial charge in [0.15, 0.2) is 0 Å². The van der Waals surface area contributed by atoms with Gasteiger partial charge in [0.2, 0.25) is 5.88 Å². The highest BCUT2D eigenvalue weighted by molar-refractivity contribution is 5.37. The molecule has 0 aliphatic rings. The summed E-state index contributed by atoms with van der Waals surface area (Å²) >= 11 is 0. The highest BCUT2D eigenvalue weighted by atomic mass is 16.5. The molecule has 0 spiro atoms. The summed E-state index contributed by atoms with van der Waals surface area (Å²) in [5.41, 5.74) is 0. The van der Waals surface area contributed by atoms with Crippen LogP contribution in [0.1, 0.15) is 20.8 Å². The van der Waals surface area contributed by atoms with Crippen molar-refractivity contribution in [1.29, 1.82) is 0 Å². The first-order chi connectivity index (χ1) is 7.76. The Balaban J connectivity index is 2.49. The Morgan fingerprint density at radius 1 is 1.31 bits per heavy atom. The van der Waals surface area contributed by atoms with E-state index in [9.17, 15) is 0 Å². The second-order valence-corrected chi connectivity index (χ2v) is 3.38. The van der Waals surface area contributed by atoms with Crippen LogP contribution in [0.3, 0.4) is 0 Å². The van der Waals surface area contributed by atoms with Gasteiger partial charge in [0, 0.05) is 18.7 Å². The van der Waals surface area contributed by atoms with Gasteiger partial charge in [0.25, 0.3) is 0 Å². The zero-order valence-electron chi connectivity index (χ0n) is 10.1. The van der Waals surface area contributed by atoms with Gasteiger partial charge >= 0.3 is 0 Å². The summed E-state index contributed by atoms with van der Waals surface area (Å²) in [5.74, 6) is 1.34. The fourth-order valence-electron chi connectivity index (χ4n) is 1.23. The van der Waals surface area contributed by atoms with Crippen LogP contribution in [-0.2, 0) is 4.74 Å². The van der Waals surface area contributed by atoms with E-state index in [2.05, 4.69) is 15.3 Å². The van der Waals surface area contributed by atoms with E-state index in [1.165, 1.54) is 6.33 Å². The highest BCUT2D eigenvalue weighted by Crippen LogP contribution is 2.11. The molecule has 1 atom stereocenters. The molecule has 90 valence electrons. The van der Waals surface area contributed by atoms with Crippen molar-refractivity contribution in [1.82, 2.24) is 9.97 Å². The molecule has 0 aromatic carbocycles. The maximum absolute atomic E-state index is 5.31. The average molecular weight is 225 g/mol. The fraction of sp³-hybridized carbons (Fsp3) is 0.636. The number of nitrogens with zero attached hydrogens (tertiary/aromatic N) is 2. The Morgan fingerprint density at radius 2 is 2.12 bits per heavy atom. The van der Waals surface area contributed by atoms with Gasteiger partial charge < -0.3 is 14.8 Å². The predicted molar refractivity (Wildman–Crippen MR) is 62.8 cm³/mol. The summed E-state index contributed by atoms with van der Waals surface area (Å²) in [5, 5.41) is 3.22. The maximum atomic E-state index is 5.31. The van der Waals surface area contributed by atoms with E-state index in [1.807, 2.05) is 20.8 Å². The van der Waals surface area contributed by atoms with E-state index in [0.717, 1.165) is 12.4 Å². The van der Waals surface area contributed by atoms with Crippen molar-refractivity contribution in [3.05, 3.63) is 12.4 Å². The smallest absolute Gasteiger partial charge is 0.218 e. The quantitative estimate of drug-likeness (QED) is 0.765. The van der Waals surface area contributed by atoms with Crippen molar-refractivity contribution in [2.75, 3.05) is 25.1 Å². The Labute approximate surface area is 96.2 Å². The Morgan fingerprint density at radius 3 is 2.81 bits per heavy atom. The highest BCUT2D eigenvalue weighted by Gasteiger charge is 2.04. The van der Waals surface area contributed by atoms with Gasteiger partial charge in [-0.15, -0.1) is 0 Å². The van der Waals surface area contributed by atoms with Gasteiger partial charge in [-0.3, -0.25) is 0 Å². The normalized spacial score (nSPS) is 12.2. The molecular weight excluding hydrogens is 206 g/mol. The van der Waals surface area contributed by atoms with Gasteiger partial charge in [-0.1, -0.05) is 0 Å². The molecular formula is C11H19N3O2. The number of anilines is 1. The van der Waals surface area contributed by atoms with Crippen molar-refractivity contribution in [3.63, 3.8) is 0 Å². The molecule has 0 bridgehead atoms. The van der Waals surface area contributed by atoms with Gasteiger partial charge in [-0.25, -0.2) is 9.97 Å². The lowest BCUT2D eigenvalue weighted by Crippen LogP contribution is -2.22. The minimum absolute atomic E-state index is 0.212. The fourth-order valence-corrected chi connectivity index (χ4v) is 1.23. The molecule has 1 N–H and O–H groups in total. The molecule has 0 aliphatic carbocycles. The molecule has 0 aliphatic heterocycles. The van der Waals surface area contributed by atoms with E-state index in [0.29, 0.717) is 19.1 Å². The zero-order chi connectivity index (χ0) is 11.8. The van der Waals surface area contributed by atoms with Crippen LogP contribution in [0, 0.1) is 0 Å². The van der Waals surface area contributed by atoms with Crippen LogP contribution >= 0.6 is 0 Å². The largest absolute Gasteiger partial charge is 0.478 e. The molecule has 0 saturated heterocycles. The van der Waals surface area contributed by atoms with Crippen molar-refractivity contribution in [2.24, 2.45) is 0 Å². The Kier molecular flexibility index (Phi) is 5.56. The minimum Gasteiger partial charge on any atom is -0.478 e. The summed E-state index contributed by atoms with van der Waals surface area (Å²) in [4.78, 5) is 8.11. The molecule has 1 heterocycles. The van der Waals surface area contributed by atoms with Crippen LogP contribution in [0.2, 0.25) is 0 Å². The molecule has 16 heavy (non-hydrogen) atoms. The first kappa shape index (κ1) is 12.7. The lowest BCUT2D eigenvalue weighted by molar-refractivity contribution is 0.141. The van der Waals surface area contributed by atoms with Crippen molar-refractivity contribution in [2.45, 2.75) is 26.8 Å². The molecule has 5 nitrogen and oxygen atoms in total. The van der Waals surface area contributed by atoms with Crippen LogP contribution in [0.15, 0.2) is 12.4 Å². The Bertz CT molecular complexity index is 307. The predicted octanol–water partition coefficient (Wildman–Crippen LogP) is 1.71. The SMILES string of the molecule is CCOCC(C)Nc1cc(OCC)ncn1. The van der Waals surface area contributed by atoms with Crippen molar-refractivity contribution in [3.8, 4) is 5.88 Å². The molecule has 1 unspecified atom stereocenters. The summed E-state index contributed by atoms with van der Waals surface area (Å²) in [6, 6.07) is 2.00. The third kappa shape index (κ3) is 4.44. The molecule has 1 aromatic heterocycles. The number of rotatable bonds is 7. The topological polar surface area (TPSA) is 56.3 Å². The average Bonchev–Trinajstić information content (AvgIpc) is 2.27. The maximum Gasteiger partial charge on any atom is 0.218 e. The number of aromatic nitrogens is 2. The minimum atomic E-state index is 0.212. The van der Waals surface area contributed by atoms with E-state index in [1.54, 1.807) is 6.07 Å². The molecule has 0 radical (unpaired) electrons. The summed E-state index contributed by atoms with van der Waals surface area (Å²) < 4.78 is 10.6. The van der Waals surface area contributed by atoms with E-state index < -0.39 is 0 Å². The van der Waals surface area contributed by atoms with Crippen LogP contribution in [-0.4, -0.2) is 35.8 Å². The molecule has 1 aromatic rings. The second-order valence-electron chi connectivity index (χ2n) is 3.38. The van der Waals surface area contributed by atoms with Gasteiger partial charge in [-0.2, -0.15) is 0 Å². The number of hydrogen-bond donors (Lipinski definition) is 1. The number of hydrogen-bond acceptors (Lipinski definition) is 5. The second kappa shape index (κ2) is 7.00. The molecule has 0 amide bonds. The van der Waals surface area contributed by atoms with Crippen LogP contribution in [0.4, 0.5) is 5.82 Å². The van der Waals surface area contributed by atoms with Crippen LogP contribution in [0.5, 0.6) is 5.88 Å². The zero-order valence-corrected chi connectivity index (χ0v) is 10.1. The summed E-state index contributed by atoms with van der Waals surface area (Å²) in [6.07, 6.45) is 1.49. The first-order valence-corrected chi connectivity index (χ1v) is 5.55. The summed E-state index contributed by atoms with van der Waals surface area (Å²) in [6.45, 7) is 7.92. The number of nitrogens with one attached hydrogen (secondary N) is 1. The lowest BCUT2D eigenvalue weighted by atomic mass is 10.3. The van der Waals surface area contributed by atoms with Gasteiger partial charge in [0.05, 0.1) is 13.2 Å². The molecule has 0 fully saturated rings. The van der Waals surface area contributed by atoms with Crippen molar-refractivity contribution >= 4 is 5.82 Å². The Hall–Kier alpha value is -1.36. The third-order valence-electron chi connectivity index (χ3n) is 1.90. The van der Waals surface area contributed by atoms with E-state index in [4.69, 9.17) is 9.47 Å².